The Kier molecular flexibility index (Phi) is 6.76. The fourth-order valence-electron chi connectivity index (χ4n) is 3.65. The number of amides is 1. The number of aliphatic carboxylic acids is 1. The number of aromatic nitrogens is 1. The molecule has 1 amide bonds. The molecule has 2 N–H and O–H groups in total. The molecule has 148 valence electrons. The monoisotopic (exact) mass is 381 g/mol. The number of carbonyl (C=O) groups excluding carboxylic acids is 1. The van der Waals surface area contributed by atoms with Crippen LogP contribution in [0.1, 0.15) is 30.2 Å². The molecule has 0 radical (unpaired) electrons. The average Bonchev–Trinajstić information content (AvgIpc) is 2.73. The summed E-state index contributed by atoms with van der Waals surface area (Å²) in [5.74, 6) is -1.82. The number of carboxylic acid groups (broad SMARTS) is 1. The van der Waals surface area contributed by atoms with Crippen LogP contribution in [0, 0.1) is 11.8 Å². The van der Waals surface area contributed by atoms with Crippen LogP contribution in [0.3, 0.4) is 0 Å². The number of pyridine rings is 1. The van der Waals surface area contributed by atoms with Gasteiger partial charge in [0.15, 0.2) is 0 Å². The highest BCUT2D eigenvalue weighted by Gasteiger charge is 2.35. The molecule has 1 aromatic heterocycles. The first-order valence-corrected chi connectivity index (χ1v) is 9.75. The second-order valence-electron chi connectivity index (χ2n) is 7.37. The van der Waals surface area contributed by atoms with Gasteiger partial charge in [0.2, 0.25) is 5.91 Å². The summed E-state index contributed by atoms with van der Waals surface area (Å²) in [7, 11) is 0. The fourth-order valence-corrected chi connectivity index (χ4v) is 3.65. The zero-order valence-electron chi connectivity index (χ0n) is 16.2. The largest absolute Gasteiger partial charge is 0.481 e. The summed E-state index contributed by atoms with van der Waals surface area (Å²) >= 11 is 0. The third-order valence-electron chi connectivity index (χ3n) is 5.25. The van der Waals surface area contributed by atoms with E-state index in [0.29, 0.717) is 32.6 Å². The first-order valence-electron chi connectivity index (χ1n) is 9.75. The van der Waals surface area contributed by atoms with Gasteiger partial charge in [-0.1, -0.05) is 37.3 Å². The maximum atomic E-state index is 12.7. The molecule has 1 aromatic carbocycles. The van der Waals surface area contributed by atoms with Crippen molar-refractivity contribution in [2.75, 3.05) is 13.1 Å². The highest BCUT2D eigenvalue weighted by molar-refractivity contribution is 5.80. The molecule has 2 atom stereocenters. The van der Waals surface area contributed by atoms with E-state index in [0.717, 1.165) is 17.7 Å². The number of hydrogen-bond donors (Lipinski definition) is 2. The van der Waals surface area contributed by atoms with E-state index in [1.54, 1.807) is 6.20 Å². The topological polar surface area (TPSA) is 82.5 Å². The van der Waals surface area contributed by atoms with Gasteiger partial charge in [-0.15, -0.1) is 0 Å². The van der Waals surface area contributed by atoms with Gasteiger partial charge in [0, 0.05) is 25.8 Å². The zero-order valence-corrected chi connectivity index (χ0v) is 16.2. The average molecular weight is 381 g/mol. The number of likely N-dealkylation sites (tertiary alicyclic amines) is 1. The summed E-state index contributed by atoms with van der Waals surface area (Å²) in [4.78, 5) is 30.6. The minimum Gasteiger partial charge on any atom is -0.481 e. The van der Waals surface area contributed by atoms with Crippen LogP contribution in [-0.2, 0) is 29.1 Å². The summed E-state index contributed by atoms with van der Waals surface area (Å²) in [6.45, 7) is 4.15. The molecule has 6 heteroatoms. The molecule has 0 saturated carbocycles. The lowest BCUT2D eigenvalue weighted by Gasteiger charge is -2.35. The minimum atomic E-state index is -0.839. The van der Waals surface area contributed by atoms with Crippen molar-refractivity contribution in [1.82, 2.24) is 15.2 Å². The molecule has 2 aromatic rings. The molecule has 1 fully saturated rings. The van der Waals surface area contributed by atoms with E-state index in [9.17, 15) is 14.7 Å². The van der Waals surface area contributed by atoms with Crippen LogP contribution in [0.4, 0.5) is 0 Å². The summed E-state index contributed by atoms with van der Waals surface area (Å²) in [5.41, 5.74) is 3.20. The maximum Gasteiger partial charge on any atom is 0.307 e. The van der Waals surface area contributed by atoms with Crippen molar-refractivity contribution < 1.29 is 14.7 Å². The standard InChI is InChI=1S/C22H27N3O3/c1-2-16-6-8-17(9-7-16)13-25-14-18(11-19(15-25)22(27)28)21(26)24-12-20-5-3-4-10-23-20/h3-10,18-19H,2,11-15H2,1H3,(H,24,26)(H,27,28)/t18-,19+/m0/s1. The Labute approximate surface area is 165 Å². The van der Waals surface area contributed by atoms with Crippen LogP contribution in [0.25, 0.3) is 0 Å². The summed E-state index contributed by atoms with van der Waals surface area (Å²) in [6.07, 6.45) is 3.05. The van der Waals surface area contributed by atoms with Crippen molar-refractivity contribution in [1.29, 1.82) is 0 Å². The van der Waals surface area contributed by atoms with E-state index in [1.165, 1.54) is 5.56 Å². The smallest absolute Gasteiger partial charge is 0.307 e. The summed E-state index contributed by atoms with van der Waals surface area (Å²) < 4.78 is 0. The zero-order chi connectivity index (χ0) is 19.9. The predicted molar refractivity (Wildman–Crippen MR) is 106 cm³/mol. The number of carboxylic acids is 1. The Morgan fingerprint density at radius 1 is 1.11 bits per heavy atom. The normalized spacial score (nSPS) is 19.9. The maximum absolute atomic E-state index is 12.7. The van der Waals surface area contributed by atoms with Crippen LogP contribution >= 0.6 is 0 Å². The van der Waals surface area contributed by atoms with E-state index < -0.39 is 11.9 Å². The molecule has 3 rings (SSSR count). The third kappa shape index (κ3) is 5.39. The summed E-state index contributed by atoms with van der Waals surface area (Å²) in [6, 6.07) is 13.9. The van der Waals surface area contributed by atoms with Gasteiger partial charge in [0.25, 0.3) is 0 Å². The van der Waals surface area contributed by atoms with Crippen LogP contribution in [0.2, 0.25) is 0 Å². The van der Waals surface area contributed by atoms with Crippen molar-refractivity contribution in [3.8, 4) is 0 Å². The van der Waals surface area contributed by atoms with Gasteiger partial charge >= 0.3 is 5.97 Å². The lowest BCUT2D eigenvalue weighted by molar-refractivity contribution is -0.145. The Hall–Kier alpha value is -2.73. The Morgan fingerprint density at radius 2 is 1.82 bits per heavy atom. The van der Waals surface area contributed by atoms with Crippen molar-refractivity contribution in [2.45, 2.75) is 32.9 Å². The van der Waals surface area contributed by atoms with Gasteiger partial charge in [-0.05, 0) is 36.1 Å². The second-order valence-corrected chi connectivity index (χ2v) is 7.37. The Bertz CT molecular complexity index is 792. The van der Waals surface area contributed by atoms with Crippen LogP contribution in [0.15, 0.2) is 48.7 Å². The van der Waals surface area contributed by atoms with Crippen molar-refractivity contribution >= 4 is 11.9 Å². The molecule has 1 aliphatic heterocycles. The molecule has 0 bridgehead atoms. The summed E-state index contributed by atoms with van der Waals surface area (Å²) in [5, 5.41) is 12.4. The SMILES string of the molecule is CCc1ccc(CN2C[C@H](C(=O)O)C[C@H](C(=O)NCc3ccccn3)C2)cc1. The van der Waals surface area contributed by atoms with Crippen LogP contribution in [0.5, 0.6) is 0 Å². The molecule has 1 saturated heterocycles. The molecular formula is C22H27N3O3. The molecule has 0 aliphatic carbocycles. The van der Waals surface area contributed by atoms with E-state index >= 15 is 0 Å². The predicted octanol–water partition coefficient (Wildman–Crippen LogP) is 2.48. The number of rotatable bonds is 7. The molecule has 0 unspecified atom stereocenters. The van der Waals surface area contributed by atoms with Crippen LogP contribution < -0.4 is 5.32 Å². The molecule has 2 heterocycles. The van der Waals surface area contributed by atoms with Gasteiger partial charge in [0.05, 0.1) is 24.1 Å². The Morgan fingerprint density at radius 3 is 2.46 bits per heavy atom. The number of carbonyl (C=O) groups is 2. The van der Waals surface area contributed by atoms with Gasteiger partial charge < -0.3 is 10.4 Å². The van der Waals surface area contributed by atoms with Gasteiger partial charge in [-0.25, -0.2) is 0 Å². The van der Waals surface area contributed by atoms with Gasteiger partial charge in [-0.3, -0.25) is 19.5 Å². The Balaban J connectivity index is 1.63. The lowest BCUT2D eigenvalue weighted by Crippen LogP contribution is -2.47. The van der Waals surface area contributed by atoms with E-state index in [-0.39, 0.29) is 11.8 Å². The highest BCUT2D eigenvalue weighted by Crippen LogP contribution is 2.24. The number of aryl methyl sites for hydroxylation is 1. The van der Waals surface area contributed by atoms with Gasteiger partial charge in [0.1, 0.15) is 0 Å². The van der Waals surface area contributed by atoms with E-state index in [4.69, 9.17) is 0 Å². The molecule has 6 nitrogen and oxygen atoms in total. The van der Waals surface area contributed by atoms with Gasteiger partial charge in [-0.2, -0.15) is 0 Å². The number of benzene rings is 1. The number of piperidine rings is 1. The quantitative estimate of drug-likeness (QED) is 0.770. The highest BCUT2D eigenvalue weighted by atomic mass is 16.4. The number of nitrogens with one attached hydrogen (secondary N) is 1. The van der Waals surface area contributed by atoms with E-state index in [1.807, 2.05) is 18.2 Å². The minimum absolute atomic E-state index is 0.108. The second kappa shape index (κ2) is 9.46. The number of hydrogen-bond acceptors (Lipinski definition) is 4. The van der Waals surface area contributed by atoms with E-state index in [2.05, 4.69) is 46.4 Å². The molecule has 28 heavy (non-hydrogen) atoms. The molecule has 0 spiro atoms. The lowest BCUT2D eigenvalue weighted by atomic mass is 9.88. The first kappa shape index (κ1) is 20.0. The third-order valence-corrected chi connectivity index (χ3v) is 5.25. The molecule has 1 aliphatic rings. The molecular weight excluding hydrogens is 354 g/mol. The van der Waals surface area contributed by atoms with Crippen LogP contribution in [-0.4, -0.2) is 40.0 Å². The fraction of sp³-hybridized carbons (Fsp3) is 0.409. The first-order chi connectivity index (χ1) is 13.5. The van der Waals surface area contributed by atoms with Crippen molar-refractivity contribution in [3.63, 3.8) is 0 Å². The van der Waals surface area contributed by atoms with Crippen molar-refractivity contribution in [2.24, 2.45) is 11.8 Å². The number of nitrogens with zero attached hydrogens (tertiary/aromatic N) is 2. The van der Waals surface area contributed by atoms with Crippen molar-refractivity contribution in [3.05, 3.63) is 65.5 Å².